The van der Waals surface area contributed by atoms with Crippen molar-refractivity contribution in [3.8, 4) is 0 Å². The monoisotopic (exact) mass is 849 g/mol. The topological polar surface area (TPSA) is 259 Å². The molecule has 1 aromatic carbocycles. The first-order valence-electron chi connectivity index (χ1n) is 16.7. The van der Waals surface area contributed by atoms with Crippen molar-refractivity contribution >= 4 is 74.1 Å². The first-order chi connectivity index (χ1) is 25.8. The molecule has 1 aromatic heterocycles. The maximum absolute atomic E-state index is 14.4. The van der Waals surface area contributed by atoms with Crippen LogP contribution in [0.4, 0.5) is 18.9 Å². The number of pyridine rings is 1. The highest BCUT2D eigenvalue weighted by Crippen LogP contribution is 2.39. The minimum atomic E-state index is -4.88. The zero-order chi connectivity index (χ0) is 41.3. The Morgan fingerprint density at radius 1 is 0.709 bits per heavy atom. The van der Waals surface area contributed by atoms with Gasteiger partial charge in [0, 0.05) is 56.0 Å². The lowest BCUT2D eigenvalue weighted by Gasteiger charge is -2.27. The van der Waals surface area contributed by atoms with E-state index in [-0.39, 0.29) is 71.8 Å². The highest BCUT2D eigenvalue weighted by molar-refractivity contribution is 9.09. The third-order valence-corrected chi connectivity index (χ3v) is 8.34. The smallest absolute Gasteiger partial charge is 0.417 e. The van der Waals surface area contributed by atoms with Crippen molar-refractivity contribution in [2.45, 2.75) is 32.4 Å². The maximum Gasteiger partial charge on any atom is 0.417 e. The molecule has 2 rings (SSSR count). The van der Waals surface area contributed by atoms with E-state index in [2.05, 4.69) is 36.9 Å². The second-order valence-corrected chi connectivity index (χ2v) is 12.9. The van der Waals surface area contributed by atoms with Crippen LogP contribution in [0.1, 0.15) is 29.7 Å². The van der Waals surface area contributed by atoms with Gasteiger partial charge in [0.2, 0.25) is 17.7 Å². The Hall–Kier alpha value is -4.93. The number of aryl methyl sites for hydroxylation is 1. The van der Waals surface area contributed by atoms with E-state index in [1.165, 1.54) is 28.9 Å². The van der Waals surface area contributed by atoms with Crippen molar-refractivity contribution in [2.75, 3.05) is 82.6 Å². The lowest BCUT2D eigenvalue weighted by atomic mass is 9.97. The van der Waals surface area contributed by atoms with Crippen molar-refractivity contribution in [1.82, 2.24) is 30.3 Å². The van der Waals surface area contributed by atoms with Crippen LogP contribution in [-0.4, -0.2) is 159 Å². The van der Waals surface area contributed by atoms with E-state index in [1.54, 1.807) is 0 Å². The fourth-order valence-corrected chi connectivity index (χ4v) is 5.65. The van der Waals surface area contributed by atoms with E-state index in [9.17, 15) is 56.9 Å². The number of rotatable bonds is 25. The van der Waals surface area contributed by atoms with Gasteiger partial charge in [-0.1, -0.05) is 22.0 Å². The molecule has 1 heterocycles. The Labute approximate surface area is 321 Å². The number of halogens is 4. The molecule has 0 bridgehead atoms. The first kappa shape index (κ1) is 46.2. The number of aliphatic carboxylic acids is 4. The lowest BCUT2D eigenvalue weighted by Crippen LogP contribution is -2.46. The molecule has 0 saturated heterocycles. The molecule has 22 heteroatoms. The third-order valence-electron chi connectivity index (χ3n) is 7.84. The number of anilines is 1. The van der Waals surface area contributed by atoms with Crippen LogP contribution < -0.4 is 16.0 Å². The Morgan fingerprint density at radius 3 is 1.67 bits per heavy atom. The third kappa shape index (κ3) is 17.4. The standard InChI is InChI=1S/C33H43BrF3N7O11/c1-20-23(13-25(45)38-6-2-3-7-39-26(46)14-34)32(33(35,36)37)22-5-4-21(12-24(22)40-20)41-27(47)15-43(17-29(50)51)10-8-42(16-28(48)49)9-11-44(18-30(52)53)19-31(54)55/h4-5,12H,2-3,6-11,13-19H2,1H3,(H,38,45)(H,39,46)(H,41,47)(H,48,49)(H,50,51)(H,52,53)(H,54,55). The second kappa shape index (κ2) is 22.4. The number of nitrogens with zero attached hydrogens (tertiary/aromatic N) is 4. The largest absolute Gasteiger partial charge is 0.480 e. The van der Waals surface area contributed by atoms with Gasteiger partial charge in [-0.05, 0) is 37.5 Å². The summed E-state index contributed by atoms with van der Waals surface area (Å²) in [5, 5.41) is 44.4. The average Bonchev–Trinajstić information content (AvgIpc) is 3.05. The van der Waals surface area contributed by atoms with Crippen molar-refractivity contribution < 1.29 is 67.2 Å². The number of alkyl halides is 4. The summed E-state index contributed by atoms with van der Waals surface area (Å²) >= 11 is 3.02. The molecule has 7 N–H and O–H groups in total. The number of carboxylic acid groups (broad SMARTS) is 4. The quantitative estimate of drug-likeness (QED) is 0.0536. The molecule has 3 amide bonds. The van der Waals surface area contributed by atoms with Gasteiger partial charge in [-0.15, -0.1) is 0 Å². The van der Waals surface area contributed by atoms with Gasteiger partial charge in [-0.3, -0.25) is 53.2 Å². The fraction of sp³-hybridized carbons (Fsp3) is 0.515. The number of hydrogen-bond donors (Lipinski definition) is 7. The number of nitrogens with one attached hydrogen (secondary N) is 3. The van der Waals surface area contributed by atoms with Gasteiger partial charge in [-0.25, -0.2) is 0 Å². The summed E-state index contributed by atoms with van der Waals surface area (Å²) < 4.78 is 43.3. The van der Waals surface area contributed by atoms with Gasteiger partial charge in [0.1, 0.15) is 0 Å². The Bertz CT molecular complexity index is 1700. The summed E-state index contributed by atoms with van der Waals surface area (Å²) in [5.74, 6) is -6.80. The highest BCUT2D eigenvalue weighted by Gasteiger charge is 2.37. The second-order valence-electron chi connectivity index (χ2n) is 12.3. The highest BCUT2D eigenvalue weighted by atomic mass is 79.9. The van der Waals surface area contributed by atoms with Crippen LogP contribution in [0.3, 0.4) is 0 Å². The van der Waals surface area contributed by atoms with E-state index >= 15 is 0 Å². The molecule has 0 spiro atoms. The van der Waals surface area contributed by atoms with E-state index < -0.39 is 86.6 Å². The van der Waals surface area contributed by atoms with Gasteiger partial charge < -0.3 is 36.4 Å². The molecule has 0 aliphatic rings. The van der Waals surface area contributed by atoms with Crippen molar-refractivity contribution in [1.29, 1.82) is 0 Å². The van der Waals surface area contributed by atoms with Gasteiger partial charge in [0.05, 0.1) is 55.6 Å². The number of benzene rings is 1. The Kier molecular flexibility index (Phi) is 18.9. The molecule has 0 atom stereocenters. The number of carboxylic acids is 4. The average molecular weight is 851 g/mol. The van der Waals surface area contributed by atoms with Crippen molar-refractivity contribution in [3.05, 3.63) is 35.0 Å². The number of unbranched alkanes of at least 4 members (excludes halogenated alkanes) is 1. The summed E-state index contributed by atoms with van der Waals surface area (Å²) in [4.78, 5) is 89.9. The molecule has 304 valence electrons. The maximum atomic E-state index is 14.4. The summed E-state index contributed by atoms with van der Waals surface area (Å²) in [6.07, 6.45) is -4.46. The molecule has 55 heavy (non-hydrogen) atoms. The Balaban J connectivity index is 2.16. The normalized spacial score (nSPS) is 11.6. The van der Waals surface area contributed by atoms with Crippen LogP contribution in [0.5, 0.6) is 0 Å². The van der Waals surface area contributed by atoms with Gasteiger partial charge in [-0.2, -0.15) is 13.2 Å². The van der Waals surface area contributed by atoms with Crippen molar-refractivity contribution in [2.24, 2.45) is 0 Å². The van der Waals surface area contributed by atoms with E-state index in [1.807, 2.05) is 0 Å². The van der Waals surface area contributed by atoms with E-state index in [0.29, 0.717) is 19.4 Å². The summed E-state index contributed by atoms with van der Waals surface area (Å²) in [5.41, 5.74) is -1.55. The van der Waals surface area contributed by atoms with Gasteiger partial charge in [0.15, 0.2) is 0 Å². The van der Waals surface area contributed by atoms with Crippen LogP contribution in [0.25, 0.3) is 10.9 Å². The first-order valence-corrected chi connectivity index (χ1v) is 17.8. The number of aromatic nitrogens is 1. The molecular weight excluding hydrogens is 807 g/mol. The molecule has 2 aromatic rings. The molecule has 0 unspecified atom stereocenters. The van der Waals surface area contributed by atoms with Crippen molar-refractivity contribution in [3.63, 3.8) is 0 Å². The molecule has 0 fully saturated rings. The summed E-state index contributed by atoms with van der Waals surface area (Å²) in [6, 6.07) is 3.49. The number of fused-ring (bicyclic) bond motifs is 1. The van der Waals surface area contributed by atoms with Gasteiger partial charge in [0.25, 0.3) is 0 Å². The zero-order valence-electron chi connectivity index (χ0n) is 29.8. The molecule has 0 aliphatic heterocycles. The number of carbonyl (C=O) groups is 7. The predicted molar refractivity (Wildman–Crippen MR) is 193 cm³/mol. The summed E-state index contributed by atoms with van der Waals surface area (Å²) in [7, 11) is 0. The van der Waals surface area contributed by atoms with Gasteiger partial charge >= 0.3 is 30.1 Å². The number of carbonyl (C=O) groups excluding carboxylic acids is 3. The van der Waals surface area contributed by atoms with E-state index in [4.69, 9.17) is 10.2 Å². The predicted octanol–water partition coefficient (Wildman–Crippen LogP) is 0.695. The van der Waals surface area contributed by atoms with Crippen LogP contribution in [0, 0.1) is 6.92 Å². The van der Waals surface area contributed by atoms with Crippen LogP contribution in [-0.2, 0) is 46.2 Å². The Morgan fingerprint density at radius 2 is 1.18 bits per heavy atom. The van der Waals surface area contributed by atoms with Crippen LogP contribution >= 0.6 is 15.9 Å². The molecule has 18 nitrogen and oxygen atoms in total. The van der Waals surface area contributed by atoms with Crippen LogP contribution in [0.15, 0.2) is 18.2 Å². The molecule has 0 aliphatic carbocycles. The molecule has 0 saturated carbocycles. The minimum Gasteiger partial charge on any atom is -0.480 e. The number of amides is 3. The van der Waals surface area contributed by atoms with E-state index in [0.717, 1.165) is 11.0 Å². The molecule has 0 radical (unpaired) electrons. The fourth-order valence-electron chi connectivity index (χ4n) is 5.45. The minimum absolute atomic E-state index is 0.0371. The SMILES string of the molecule is Cc1nc2cc(NC(=O)CN(CCN(CCN(CC(=O)O)CC(=O)O)CC(=O)O)CC(=O)O)ccc2c(C(F)(F)F)c1CC(=O)NCCCCNC(=O)CBr. The number of hydrogen-bond acceptors (Lipinski definition) is 11. The molecular formula is C33H43BrF3N7O11. The zero-order valence-corrected chi connectivity index (χ0v) is 31.4. The van der Waals surface area contributed by atoms with Crippen LogP contribution in [0.2, 0.25) is 0 Å². The lowest BCUT2D eigenvalue weighted by molar-refractivity contribution is -0.143. The summed E-state index contributed by atoms with van der Waals surface area (Å²) in [6.45, 7) is -1.64.